The molecule has 1 aliphatic heterocycles. The number of anilines is 1. The molecule has 1 N–H and O–H groups in total. The van der Waals surface area contributed by atoms with Crippen LogP contribution in [0.4, 0.5) is 23.2 Å². The van der Waals surface area contributed by atoms with Crippen molar-refractivity contribution in [2.24, 2.45) is 0 Å². The Morgan fingerprint density at radius 1 is 1.29 bits per heavy atom. The van der Waals surface area contributed by atoms with Gasteiger partial charge in [-0.2, -0.15) is 13.2 Å². The summed E-state index contributed by atoms with van der Waals surface area (Å²) in [4.78, 5) is 0. The summed E-state index contributed by atoms with van der Waals surface area (Å²) in [5.41, 5.74) is -0.257. The van der Waals surface area contributed by atoms with Crippen molar-refractivity contribution in [3.63, 3.8) is 0 Å². The van der Waals surface area contributed by atoms with Gasteiger partial charge in [0.1, 0.15) is 6.17 Å². The van der Waals surface area contributed by atoms with Crippen molar-refractivity contribution in [2.75, 3.05) is 11.9 Å². The monoisotopic (exact) mass is 205 g/mol. The molecule has 1 heterocycles. The third kappa shape index (κ3) is 1.42. The molecule has 76 valence electrons. The summed E-state index contributed by atoms with van der Waals surface area (Å²) in [6.45, 7) is 0.0522. The Bertz CT molecular complexity index is 358. The van der Waals surface area contributed by atoms with E-state index in [1.54, 1.807) is 0 Å². The summed E-state index contributed by atoms with van der Waals surface area (Å²) < 4.78 is 49.8. The molecule has 1 unspecified atom stereocenters. The van der Waals surface area contributed by atoms with E-state index in [0.717, 1.165) is 12.1 Å². The van der Waals surface area contributed by atoms with Crippen molar-refractivity contribution in [1.82, 2.24) is 0 Å². The SMILES string of the molecule is FC1CNc2ccc(C(F)(F)F)cc21. The smallest absolute Gasteiger partial charge is 0.381 e. The van der Waals surface area contributed by atoms with Gasteiger partial charge in [0.2, 0.25) is 0 Å². The van der Waals surface area contributed by atoms with Crippen molar-refractivity contribution >= 4 is 5.69 Å². The van der Waals surface area contributed by atoms with Crippen LogP contribution in [0.1, 0.15) is 17.3 Å². The Morgan fingerprint density at radius 3 is 2.64 bits per heavy atom. The second-order valence-corrected chi connectivity index (χ2v) is 3.15. The largest absolute Gasteiger partial charge is 0.416 e. The van der Waals surface area contributed by atoms with Gasteiger partial charge in [-0.05, 0) is 18.2 Å². The average molecular weight is 205 g/mol. The van der Waals surface area contributed by atoms with Gasteiger partial charge in [-0.15, -0.1) is 0 Å². The van der Waals surface area contributed by atoms with Gasteiger partial charge >= 0.3 is 6.18 Å². The lowest BCUT2D eigenvalue weighted by Crippen LogP contribution is -2.05. The van der Waals surface area contributed by atoms with Crippen LogP contribution in [0.25, 0.3) is 0 Å². The van der Waals surface area contributed by atoms with Gasteiger partial charge in [0.15, 0.2) is 0 Å². The molecule has 2 rings (SSSR count). The van der Waals surface area contributed by atoms with Crippen molar-refractivity contribution in [2.45, 2.75) is 12.3 Å². The molecule has 5 heteroatoms. The highest BCUT2D eigenvalue weighted by Gasteiger charge is 2.33. The predicted molar refractivity (Wildman–Crippen MR) is 43.8 cm³/mol. The number of halogens is 4. The number of fused-ring (bicyclic) bond motifs is 1. The van der Waals surface area contributed by atoms with E-state index in [4.69, 9.17) is 0 Å². The van der Waals surface area contributed by atoms with Crippen LogP contribution < -0.4 is 5.32 Å². The van der Waals surface area contributed by atoms with Gasteiger partial charge in [-0.3, -0.25) is 0 Å². The van der Waals surface area contributed by atoms with Gasteiger partial charge in [-0.1, -0.05) is 0 Å². The third-order valence-corrected chi connectivity index (χ3v) is 2.19. The highest BCUT2D eigenvalue weighted by atomic mass is 19.4. The Kier molecular flexibility index (Phi) is 1.90. The molecule has 0 amide bonds. The van der Waals surface area contributed by atoms with E-state index in [1.807, 2.05) is 0 Å². The van der Waals surface area contributed by atoms with Crippen LogP contribution in [-0.2, 0) is 6.18 Å². The van der Waals surface area contributed by atoms with Gasteiger partial charge in [-0.25, -0.2) is 4.39 Å². The van der Waals surface area contributed by atoms with Crippen LogP contribution in [0, 0.1) is 0 Å². The van der Waals surface area contributed by atoms with Crippen molar-refractivity contribution in [3.8, 4) is 0 Å². The molecule has 0 fully saturated rings. The first-order chi connectivity index (χ1) is 6.48. The van der Waals surface area contributed by atoms with Crippen LogP contribution >= 0.6 is 0 Å². The Hall–Kier alpha value is -1.26. The molecule has 1 aromatic rings. The van der Waals surface area contributed by atoms with Gasteiger partial charge in [0, 0.05) is 11.3 Å². The number of alkyl halides is 4. The highest BCUT2D eigenvalue weighted by molar-refractivity contribution is 5.58. The normalized spacial score (nSPS) is 20.4. The first kappa shape index (κ1) is 9.30. The zero-order valence-corrected chi connectivity index (χ0v) is 7.03. The van der Waals surface area contributed by atoms with E-state index in [9.17, 15) is 17.6 Å². The molecule has 14 heavy (non-hydrogen) atoms. The summed E-state index contributed by atoms with van der Waals surface area (Å²) >= 11 is 0. The number of rotatable bonds is 0. The number of nitrogens with one attached hydrogen (secondary N) is 1. The maximum atomic E-state index is 13.1. The molecule has 0 spiro atoms. The Morgan fingerprint density at radius 2 is 2.00 bits per heavy atom. The molecule has 0 radical (unpaired) electrons. The maximum absolute atomic E-state index is 13.1. The van der Waals surface area contributed by atoms with Crippen LogP contribution in [0.2, 0.25) is 0 Å². The molecule has 1 aromatic carbocycles. The molecule has 0 saturated heterocycles. The zero-order chi connectivity index (χ0) is 10.3. The highest BCUT2D eigenvalue weighted by Crippen LogP contribution is 2.37. The summed E-state index contributed by atoms with van der Waals surface area (Å²) in [6, 6.07) is 3.07. The summed E-state index contributed by atoms with van der Waals surface area (Å²) in [5.74, 6) is 0. The van der Waals surface area contributed by atoms with E-state index in [1.165, 1.54) is 6.07 Å². The molecule has 1 atom stereocenters. The van der Waals surface area contributed by atoms with Crippen LogP contribution in [0.5, 0.6) is 0 Å². The van der Waals surface area contributed by atoms with Crippen LogP contribution in [0.3, 0.4) is 0 Å². The first-order valence-electron chi connectivity index (χ1n) is 4.07. The van der Waals surface area contributed by atoms with Crippen LogP contribution in [-0.4, -0.2) is 6.54 Å². The van der Waals surface area contributed by atoms with E-state index in [2.05, 4.69) is 5.32 Å². The van der Waals surface area contributed by atoms with E-state index in [0.29, 0.717) is 5.69 Å². The molecule has 0 aromatic heterocycles. The first-order valence-corrected chi connectivity index (χ1v) is 4.07. The van der Waals surface area contributed by atoms with Gasteiger partial charge in [0.05, 0.1) is 12.1 Å². The summed E-state index contributed by atoms with van der Waals surface area (Å²) in [7, 11) is 0. The molecule has 1 aliphatic rings. The third-order valence-electron chi connectivity index (χ3n) is 2.19. The van der Waals surface area contributed by atoms with Crippen molar-refractivity contribution in [1.29, 1.82) is 0 Å². The lowest BCUT2D eigenvalue weighted by molar-refractivity contribution is -0.137. The molecule has 0 aliphatic carbocycles. The van der Waals surface area contributed by atoms with Crippen molar-refractivity contribution in [3.05, 3.63) is 29.3 Å². The van der Waals surface area contributed by atoms with E-state index >= 15 is 0 Å². The molecule has 1 nitrogen and oxygen atoms in total. The van der Waals surface area contributed by atoms with Gasteiger partial charge < -0.3 is 5.32 Å². The second kappa shape index (κ2) is 2.87. The minimum Gasteiger partial charge on any atom is -0.381 e. The fourth-order valence-electron chi connectivity index (χ4n) is 1.47. The lowest BCUT2D eigenvalue weighted by Gasteiger charge is -2.08. The quantitative estimate of drug-likeness (QED) is 0.641. The Labute approximate surface area is 77.7 Å². The maximum Gasteiger partial charge on any atom is 0.416 e. The topological polar surface area (TPSA) is 12.0 Å². The molecular weight excluding hydrogens is 198 g/mol. The fraction of sp³-hybridized carbons (Fsp3) is 0.333. The minimum atomic E-state index is -4.41. The van der Waals surface area contributed by atoms with Gasteiger partial charge in [0.25, 0.3) is 0 Å². The minimum absolute atomic E-state index is 0.0522. The number of benzene rings is 1. The molecular formula is C9H7F4N. The van der Waals surface area contributed by atoms with E-state index < -0.39 is 17.9 Å². The zero-order valence-electron chi connectivity index (χ0n) is 7.03. The standard InChI is InChI=1S/C9H7F4N/c10-7-4-14-8-2-1-5(3-6(7)8)9(11,12)13/h1-3,7,14H,4H2. The molecule has 0 bridgehead atoms. The molecule has 0 saturated carbocycles. The lowest BCUT2D eigenvalue weighted by atomic mass is 10.1. The second-order valence-electron chi connectivity index (χ2n) is 3.15. The fourth-order valence-corrected chi connectivity index (χ4v) is 1.47. The Balaban J connectivity index is 2.45. The average Bonchev–Trinajstić information content (AvgIpc) is 2.46. The summed E-state index contributed by atoms with van der Waals surface area (Å²) in [6.07, 6.45) is -5.75. The van der Waals surface area contributed by atoms with E-state index in [-0.39, 0.29) is 12.1 Å². The number of hydrogen-bond acceptors (Lipinski definition) is 1. The predicted octanol–water partition coefficient (Wildman–Crippen LogP) is 3.14. The number of hydrogen-bond donors (Lipinski definition) is 1. The van der Waals surface area contributed by atoms with Crippen LogP contribution in [0.15, 0.2) is 18.2 Å². The van der Waals surface area contributed by atoms with Crippen molar-refractivity contribution < 1.29 is 17.6 Å². The summed E-state index contributed by atoms with van der Waals surface area (Å²) in [5, 5.41) is 2.69.